The average molecular weight is 493 g/mol. The number of amides is 8. The van der Waals surface area contributed by atoms with Crippen LogP contribution in [-0.4, -0.2) is 73.4 Å². The maximum Gasteiger partial charge on any atom is 2.00 e. The average Bonchev–Trinajstić information content (AvgIpc) is 2.69. The molecule has 33 heavy (non-hydrogen) atoms. The van der Waals surface area contributed by atoms with E-state index < -0.39 is 46.5 Å². The summed E-state index contributed by atoms with van der Waals surface area (Å²) in [4.78, 5) is 69.6. The molecule has 10 nitrogen and oxygen atoms in total. The number of barbiturate groups is 2. The zero-order valence-electron chi connectivity index (χ0n) is 20.6. The van der Waals surface area contributed by atoms with Gasteiger partial charge in [0.15, 0.2) is 0 Å². The maximum atomic E-state index is 11.9. The second-order valence-electron chi connectivity index (χ2n) is 8.50. The number of imide groups is 4. The minimum absolute atomic E-state index is 0. The molecule has 2 atom stereocenters. The van der Waals surface area contributed by atoms with Gasteiger partial charge in [0.25, 0.3) is 0 Å². The molecule has 0 aliphatic carbocycles. The Labute approximate surface area is 225 Å². The van der Waals surface area contributed by atoms with Gasteiger partial charge in [-0.25, -0.2) is 9.59 Å². The van der Waals surface area contributed by atoms with Crippen molar-refractivity contribution in [3.8, 4) is 0 Å². The number of carbonyl (C=O) groups excluding carboxylic acids is 6. The smallest absolute Gasteiger partial charge is 0.277 e. The first-order chi connectivity index (χ1) is 15.0. The van der Waals surface area contributed by atoms with Gasteiger partial charge < -0.3 is 0 Å². The van der Waals surface area contributed by atoms with E-state index in [0.29, 0.717) is 12.8 Å². The number of nitrogens with one attached hydrogen (secondary N) is 4. The molecule has 0 bridgehead atoms. The van der Waals surface area contributed by atoms with Crippen molar-refractivity contribution in [2.45, 2.75) is 80.1 Å². The molecule has 0 spiro atoms. The predicted octanol–water partition coefficient (Wildman–Crippen LogP) is 1.99. The molecule has 0 aromatic carbocycles. The Hall–Kier alpha value is -1.52. The maximum absolute atomic E-state index is 11.9. The standard InChI is InChI=1S/2C11H18N2O3.Ca/c2*1-4-6-7(3)11(5-2)8(14)12-10(16)13-9(11)15;/h2*7H,4-6H2,1-3H3,(H2,12,13,14,15,16);/q;;+2. The van der Waals surface area contributed by atoms with Crippen LogP contribution in [0.4, 0.5) is 9.59 Å². The molecule has 2 fully saturated rings. The zero-order valence-corrected chi connectivity index (χ0v) is 22.8. The van der Waals surface area contributed by atoms with Crippen LogP contribution in [0.25, 0.3) is 0 Å². The first-order valence-electron chi connectivity index (χ1n) is 11.3. The van der Waals surface area contributed by atoms with Gasteiger partial charge in [0, 0.05) is 0 Å². The van der Waals surface area contributed by atoms with Crippen LogP contribution < -0.4 is 21.3 Å². The van der Waals surface area contributed by atoms with Gasteiger partial charge >= 0.3 is 49.8 Å². The molecule has 2 saturated heterocycles. The van der Waals surface area contributed by atoms with Gasteiger partial charge in [-0.05, 0) is 37.5 Å². The van der Waals surface area contributed by atoms with Gasteiger partial charge in [-0.1, -0.05) is 54.4 Å². The molecule has 2 heterocycles. The third kappa shape index (κ3) is 6.33. The molecule has 0 radical (unpaired) electrons. The van der Waals surface area contributed by atoms with Crippen LogP contribution in [-0.2, 0) is 19.2 Å². The SMILES string of the molecule is CCCC(C)C1(CC)C(=O)NC(=O)NC1=O.CCCC(C)C1(CC)C(=O)NC(=O)NC1=O.[Ca+2]. The molecule has 0 aromatic rings. The summed E-state index contributed by atoms with van der Waals surface area (Å²) in [6, 6.07) is -1.44. The molecule has 0 saturated carbocycles. The fourth-order valence-electron chi connectivity index (χ4n) is 4.72. The number of hydrogen-bond donors (Lipinski definition) is 4. The van der Waals surface area contributed by atoms with E-state index in [4.69, 9.17) is 0 Å². The van der Waals surface area contributed by atoms with Crippen LogP contribution in [0.3, 0.4) is 0 Å². The second-order valence-corrected chi connectivity index (χ2v) is 8.50. The summed E-state index contributed by atoms with van der Waals surface area (Å²) in [6.07, 6.45) is 4.17. The Morgan fingerprint density at radius 1 is 0.576 bits per heavy atom. The van der Waals surface area contributed by atoms with E-state index in [1.807, 2.05) is 27.7 Å². The molecule has 2 rings (SSSR count). The largest absolute Gasteiger partial charge is 2.00 e. The van der Waals surface area contributed by atoms with Crippen molar-refractivity contribution in [2.24, 2.45) is 22.7 Å². The summed E-state index contributed by atoms with van der Waals surface area (Å²) in [5.74, 6) is -2.02. The predicted molar refractivity (Wildman–Crippen MR) is 123 cm³/mol. The third-order valence-electron chi connectivity index (χ3n) is 6.77. The molecule has 8 amide bonds. The van der Waals surface area contributed by atoms with Crippen molar-refractivity contribution in [1.29, 1.82) is 0 Å². The number of rotatable bonds is 8. The van der Waals surface area contributed by atoms with Gasteiger partial charge in [-0.2, -0.15) is 0 Å². The van der Waals surface area contributed by atoms with E-state index >= 15 is 0 Å². The first-order valence-corrected chi connectivity index (χ1v) is 11.3. The van der Waals surface area contributed by atoms with Crippen LogP contribution in [0.2, 0.25) is 0 Å². The summed E-state index contributed by atoms with van der Waals surface area (Å²) >= 11 is 0. The third-order valence-corrected chi connectivity index (χ3v) is 6.77. The number of hydrogen-bond acceptors (Lipinski definition) is 6. The van der Waals surface area contributed by atoms with E-state index in [0.717, 1.165) is 25.7 Å². The monoisotopic (exact) mass is 492 g/mol. The molecular formula is C22H36CaN4O6+2. The van der Waals surface area contributed by atoms with E-state index in [1.54, 1.807) is 13.8 Å². The summed E-state index contributed by atoms with van der Waals surface area (Å²) in [7, 11) is 0. The Kier molecular flexibility index (Phi) is 12.8. The molecule has 11 heteroatoms. The molecule has 4 N–H and O–H groups in total. The summed E-state index contributed by atoms with van der Waals surface area (Å²) in [5.41, 5.74) is -2.19. The van der Waals surface area contributed by atoms with E-state index in [-0.39, 0.29) is 49.6 Å². The van der Waals surface area contributed by atoms with E-state index in [2.05, 4.69) is 21.3 Å². The number of urea groups is 2. The topological polar surface area (TPSA) is 151 Å². The Bertz CT molecular complexity index is 681. The molecule has 2 unspecified atom stereocenters. The van der Waals surface area contributed by atoms with Gasteiger partial charge in [0.1, 0.15) is 10.8 Å². The van der Waals surface area contributed by atoms with Crippen LogP contribution in [0.1, 0.15) is 80.1 Å². The van der Waals surface area contributed by atoms with Crippen LogP contribution in [0.15, 0.2) is 0 Å². The summed E-state index contributed by atoms with van der Waals surface area (Å²) < 4.78 is 0. The van der Waals surface area contributed by atoms with Gasteiger partial charge in [-0.3, -0.25) is 40.4 Å². The normalized spacial score (nSPS) is 20.7. The summed E-state index contributed by atoms with van der Waals surface area (Å²) in [6.45, 7) is 11.3. The number of carbonyl (C=O) groups is 6. The van der Waals surface area contributed by atoms with Crippen molar-refractivity contribution in [2.75, 3.05) is 0 Å². The fourth-order valence-corrected chi connectivity index (χ4v) is 4.72. The quantitative estimate of drug-likeness (QED) is 0.300. The van der Waals surface area contributed by atoms with Gasteiger partial charge in [0.2, 0.25) is 23.6 Å². The molecular weight excluding hydrogens is 456 g/mol. The molecule has 2 aliphatic rings. The Morgan fingerprint density at radius 2 is 0.818 bits per heavy atom. The van der Waals surface area contributed by atoms with E-state index in [9.17, 15) is 28.8 Å². The van der Waals surface area contributed by atoms with E-state index in [1.165, 1.54) is 0 Å². The van der Waals surface area contributed by atoms with Crippen LogP contribution in [0.5, 0.6) is 0 Å². The molecule has 2 aliphatic heterocycles. The first kappa shape index (κ1) is 31.5. The van der Waals surface area contributed by atoms with Crippen molar-refractivity contribution in [1.82, 2.24) is 21.3 Å². The fraction of sp³-hybridized carbons (Fsp3) is 0.727. The summed E-state index contributed by atoms with van der Waals surface area (Å²) in [5, 5.41) is 8.72. The van der Waals surface area contributed by atoms with Crippen molar-refractivity contribution < 1.29 is 28.8 Å². The van der Waals surface area contributed by atoms with Crippen molar-refractivity contribution in [3.63, 3.8) is 0 Å². The molecule has 0 aromatic heterocycles. The Morgan fingerprint density at radius 3 is 1.00 bits per heavy atom. The minimum atomic E-state index is -1.09. The second kappa shape index (κ2) is 13.4. The minimum Gasteiger partial charge on any atom is -0.277 e. The molecule has 180 valence electrons. The van der Waals surface area contributed by atoms with Crippen LogP contribution >= 0.6 is 0 Å². The van der Waals surface area contributed by atoms with Gasteiger partial charge in [0.05, 0.1) is 0 Å². The van der Waals surface area contributed by atoms with Crippen molar-refractivity contribution in [3.05, 3.63) is 0 Å². The van der Waals surface area contributed by atoms with Crippen LogP contribution in [0, 0.1) is 22.7 Å². The van der Waals surface area contributed by atoms with Crippen molar-refractivity contribution >= 4 is 73.4 Å². The Balaban J connectivity index is 0.000000602. The van der Waals surface area contributed by atoms with Gasteiger partial charge in [-0.15, -0.1) is 0 Å². The zero-order chi connectivity index (χ0) is 24.7.